The maximum atomic E-state index is 11.6. The topological polar surface area (TPSA) is 41.1 Å². The third-order valence-corrected chi connectivity index (χ3v) is 3.31. The predicted molar refractivity (Wildman–Crippen MR) is 73.2 cm³/mol. The quantitative estimate of drug-likeness (QED) is 0.775. The van der Waals surface area contributed by atoms with Gasteiger partial charge in [0.05, 0.1) is 6.54 Å². The van der Waals surface area contributed by atoms with E-state index in [1.165, 1.54) is 18.4 Å². The molecular weight excluding hydrogens is 224 g/mol. The van der Waals surface area contributed by atoms with Gasteiger partial charge >= 0.3 is 0 Å². The lowest BCUT2D eigenvalue weighted by molar-refractivity contribution is -0.120. The summed E-state index contributed by atoms with van der Waals surface area (Å²) in [5.41, 5.74) is 1.29. The second kappa shape index (κ2) is 6.55. The molecule has 1 fully saturated rings. The zero-order valence-electron chi connectivity index (χ0n) is 11.0. The third-order valence-electron chi connectivity index (χ3n) is 3.31. The van der Waals surface area contributed by atoms with Gasteiger partial charge in [0.25, 0.3) is 0 Å². The monoisotopic (exact) mass is 246 g/mol. The first kappa shape index (κ1) is 13.1. The zero-order valence-corrected chi connectivity index (χ0v) is 11.0. The van der Waals surface area contributed by atoms with Gasteiger partial charge < -0.3 is 10.6 Å². The van der Waals surface area contributed by atoms with Crippen molar-refractivity contribution in [1.82, 2.24) is 10.6 Å². The number of carbonyl (C=O) groups excluding carboxylic acids is 1. The van der Waals surface area contributed by atoms with E-state index in [9.17, 15) is 4.79 Å². The van der Waals surface area contributed by atoms with Crippen LogP contribution in [0.2, 0.25) is 0 Å². The fourth-order valence-corrected chi connectivity index (χ4v) is 2.18. The molecule has 1 atom stereocenters. The van der Waals surface area contributed by atoms with Crippen LogP contribution in [0, 0.1) is 5.92 Å². The maximum Gasteiger partial charge on any atom is 0.233 e. The van der Waals surface area contributed by atoms with E-state index in [-0.39, 0.29) is 5.91 Å². The van der Waals surface area contributed by atoms with E-state index in [1.807, 2.05) is 6.07 Å². The van der Waals surface area contributed by atoms with Gasteiger partial charge in [-0.15, -0.1) is 0 Å². The zero-order chi connectivity index (χ0) is 12.8. The standard InChI is InChI=1S/C15H22N2O/c1-2-10-16-14(18)11-17-15(13-8-9-13)12-6-4-3-5-7-12/h3-7,13,15,17H,2,8-11H2,1H3,(H,16,18). The van der Waals surface area contributed by atoms with Gasteiger partial charge in [-0.1, -0.05) is 37.3 Å². The van der Waals surface area contributed by atoms with Crippen molar-refractivity contribution in [2.75, 3.05) is 13.1 Å². The molecule has 1 aliphatic rings. The van der Waals surface area contributed by atoms with Gasteiger partial charge in [0.2, 0.25) is 5.91 Å². The number of benzene rings is 1. The Bertz CT molecular complexity index is 373. The van der Waals surface area contributed by atoms with Gasteiger partial charge in [0, 0.05) is 12.6 Å². The summed E-state index contributed by atoms with van der Waals surface area (Å²) in [6.07, 6.45) is 3.52. The molecule has 18 heavy (non-hydrogen) atoms. The van der Waals surface area contributed by atoms with Crippen molar-refractivity contribution in [2.45, 2.75) is 32.2 Å². The number of hydrogen-bond acceptors (Lipinski definition) is 2. The van der Waals surface area contributed by atoms with Crippen molar-refractivity contribution >= 4 is 5.91 Å². The lowest BCUT2D eigenvalue weighted by Gasteiger charge is -2.18. The van der Waals surface area contributed by atoms with E-state index in [4.69, 9.17) is 0 Å². The van der Waals surface area contributed by atoms with Crippen LogP contribution in [-0.2, 0) is 4.79 Å². The number of rotatable bonds is 7. The largest absolute Gasteiger partial charge is 0.355 e. The first-order valence-electron chi connectivity index (χ1n) is 6.86. The van der Waals surface area contributed by atoms with Crippen LogP contribution >= 0.6 is 0 Å². The Morgan fingerprint density at radius 3 is 2.67 bits per heavy atom. The lowest BCUT2D eigenvalue weighted by Crippen LogP contribution is -2.36. The summed E-state index contributed by atoms with van der Waals surface area (Å²) in [6.45, 7) is 3.24. The lowest BCUT2D eigenvalue weighted by atomic mass is 10.0. The average Bonchev–Trinajstić information content (AvgIpc) is 3.22. The second-order valence-electron chi connectivity index (χ2n) is 4.96. The highest BCUT2D eigenvalue weighted by atomic mass is 16.1. The molecule has 1 aromatic rings. The Morgan fingerprint density at radius 2 is 2.06 bits per heavy atom. The van der Waals surface area contributed by atoms with Gasteiger partial charge in [-0.25, -0.2) is 0 Å². The van der Waals surface area contributed by atoms with Crippen molar-refractivity contribution < 1.29 is 4.79 Å². The summed E-state index contributed by atoms with van der Waals surface area (Å²) < 4.78 is 0. The Hall–Kier alpha value is -1.35. The van der Waals surface area contributed by atoms with Gasteiger partial charge in [-0.05, 0) is 30.7 Å². The van der Waals surface area contributed by atoms with E-state index >= 15 is 0 Å². The molecule has 2 N–H and O–H groups in total. The third kappa shape index (κ3) is 3.84. The summed E-state index contributed by atoms with van der Waals surface area (Å²) in [4.78, 5) is 11.6. The minimum atomic E-state index is 0.0958. The molecule has 3 heteroatoms. The molecule has 0 aromatic heterocycles. The van der Waals surface area contributed by atoms with Gasteiger partial charge in [-0.3, -0.25) is 4.79 Å². The molecule has 2 rings (SSSR count). The molecule has 1 amide bonds. The molecule has 1 unspecified atom stereocenters. The van der Waals surface area contributed by atoms with Crippen molar-refractivity contribution in [1.29, 1.82) is 0 Å². The Morgan fingerprint density at radius 1 is 1.33 bits per heavy atom. The molecule has 1 saturated carbocycles. The van der Waals surface area contributed by atoms with Crippen LogP contribution in [0.5, 0.6) is 0 Å². The summed E-state index contributed by atoms with van der Waals surface area (Å²) in [5, 5.41) is 6.29. The molecule has 0 radical (unpaired) electrons. The van der Waals surface area contributed by atoms with E-state index in [2.05, 4.69) is 41.8 Å². The Balaban J connectivity index is 1.86. The van der Waals surface area contributed by atoms with Crippen molar-refractivity contribution in [3.05, 3.63) is 35.9 Å². The Labute approximate surface area is 109 Å². The fraction of sp³-hybridized carbons (Fsp3) is 0.533. The minimum Gasteiger partial charge on any atom is -0.355 e. The first-order valence-corrected chi connectivity index (χ1v) is 6.86. The van der Waals surface area contributed by atoms with Gasteiger partial charge in [0.15, 0.2) is 0 Å². The van der Waals surface area contributed by atoms with Crippen LogP contribution in [0.25, 0.3) is 0 Å². The number of carbonyl (C=O) groups is 1. The highest BCUT2D eigenvalue weighted by Crippen LogP contribution is 2.40. The average molecular weight is 246 g/mol. The molecule has 0 aliphatic heterocycles. The van der Waals surface area contributed by atoms with Crippen LogP contribution in [0.1, 0.15) is 37.8 Å². The van der Waals surface area contributed by atoms with Crippen LogP contribution in [0.3, 0.4) is 0 Å². The Kier molecular flexibility index (Phi) is 4.76. The smallest absolute Gasteiger partial charge is 0.233 e. The molecular formula is C15H22N2O. The van der Waals surface area contributed by atoms with Crippen LogP contribution in [-0.4, -0.2) is 19.0 Å². The first-order chi connectivity index (χ1) is 8.81. The second-order valence-corrected chi connectivity index (χ2v) is 4.96. The molecule has 1 aromatic carbocycles. The van der Waals surface area contributed by atoms with E-state index < -0.39 is 0 Å². The van der Waals surface area contributed by atoms with Crippen molar-refractivity contribution in [2.24, 2.45) is 5.92 Å². The molecule has 0 heterocycles. The van der Waals surface area contributed by atoms with Crippen LogP contribution in [0.15, 0.2) is 30.3 Å². The number of nitrogens with one attached hydrogen (secondary N) is 2. The summed E-state index contributed by atoms with van der Waals surface area (Å²) in [7, 11) is 0. The molecule has 3 nitrogen and oxygen atoms in total. The fourth-order valence-electron chi connectivity index (χ4n) is 2.18. The van der Waals surface area contributed by atoms with Gasteiger partial charge in [0.1, 0.15) is 0 Å². The van der Waals surface area contributed by atoms with Crippen molar-refractivity contribution in [3.8, 4) is 0 Å². The van der Waals surface area contributed by atoms with Crippen LogP contribution in [0.4, 0.5) is 0 Å². The molecule has 1 aliphatic carbocycles. The van der Waals surface area contributed by atoms with E-state index in [0.717, 1.165) is 13.0 Å². The van der Waals surface area contributed by atoms with Crippen molar-refractivity contribution in [3.63, 3.8) is 0 Å². The molecule has 0 spiro atoms. The maximum absolute atomic E-state index is 11.6. The minimum absolute atomic E-state index is 0.0958. The molecule has 98 valence electrons. The van der Waals surface area contributed by atoms with Gasteiger partial charge in [-0.2, -0.15) is 0 Å². The molecule has 0 saturated heterocycles. The highest BCUT2D eigenvalue weighted by molar-refractivity contribution is 5.78. The number of amides is 1. The normalized spacial score (nSPS) is 16.3. The molecule has 0 bridgehead atoms. The van der Waals surface area contributed by atoms with Crippen LogP contribution < -0.4 is 10.6 Å². The highest BCUT2D eigenvalue weighted by Gasteiger charge is 2.32. The summed E-state index contributed by atoms with van der Waals surface area (Å²) in [5.74, 6) is 0.796. The predicted octanol–water partition coefficient (Wildman–Crippen LogP) is 2.25. The van der Waals surface area contributed by atoms with E-state index in [1.54, 1.807) is 0 Å². The summed E-state index contributed by atoms with van der Waals surface area (Å²) >= 11 is 0. The van der Waals surface area contributed by atoms with E-state index in [0.29, 0.717) is 18.5 Å². The summed E-state index contributed by atoms with van der Waals surface area (Å²) in [6, 6.07) is 10.8. The number of hydrogen-bond donors (Lipinski definition) is 2. The SMILES string of the molecule is CCCNC(=O)CNC(c1ccccc1)C1CC1.